The standard InChI is InChI=1S/C50H69N11O9S2/c1-28(2)42-50(70)60-41(49(69)61-43(29(3)62)44(53)64)27-72-71-26-40(59-45(65)36(52)21-30-11-5-4-6-12-30)48(68)57-38(22-31-16-18-34(63)19-17-31)47(67)58-39(23-32-24-54-37-15-8-7-14-35(32)37)46(66)56-33(25-55-42)13-9-10-20-51/h4-8,11-12,14-19,24,28-29,33,36,38-43,54-55,62-63H,9-10,13,20-23,25-27,51-52H2,1-3H3,(H2,53,64)(H,56,66)(H,57,68)(H,58,67)(H,59,65)(H,60,70)(H,61,69)/t29-,33+,36+,38+,39-,40+,41-,42-,43+/m1/s1. The van der Waals surface area contributed by atoms with E-state index in [-0.39, 0.29) is 49.0 Å². The number of phenols is 1. The van der Waals surface area contributed by atoms with Crippen LogP contribution in [0.1, 0.15) is 56.7 Å². The Morgan fingerprint density at radius 1 is 0.778 bits per heavy atom. The molecule has 16 N–H and O–H groups in total. The van der Waals surface area contributed by atoms with Gasteiger partial charge in [-0.3, -0.25) is 33.6 Å². The maximum Gasteiger partial charge on any atom is 0.244 e. The van der Waals surface area contributed by atoms with Crippen LogP contribution in [-0.2, 0) is 52.8 Å². The Labute approximate surface area is 427 Å². The molecular weight excluding hydrogens is 963 g/mol. The molecule has 0 saturated carbocycles. The normalized spacial score (nSPS) is 22.3. The lowest BCUT2D eigenvalue weighted by Crippen LogP contribution is -2.61. The third-order valence-corrected chi connectivity index (χ3v) is 14.6. The molecule has 0 radical (unpaired) electrons. The summed E-state index contributed by atoms with van der Waals surface area (Å²) < 4.78 is 0. The predicted molar refractivity (Wildman–Crippen MR) is 279 cm³/mol. The third kappa shape index (κ3) is 17.3. The Hall–Kier alpha value is -6.17. The average Bonchev–Trinajstić information content (AvgIpc) is 3.75. The van der Waals surface area contributed by atoms with Crippen molar-refractivity contribution >= 4 is 73.8 Å². The average molecular weight is 1030 g/mol. The first-order valence-electron chi connectivity index (χ1n) is 24.0. The second kappa shape index (κ2) is 28.2. The van der Waals surface area contributed by atoms with Gasteiger partial charge in [0.25, 0.3) is 0 Å². The van der Waals surface area contributed by atoms with Crippen LogP contribution in [0.25, 0.3) is 10.9 Å². The van der Waals surface area contributed by atoms with Crippen LogP contribution in [0.2, 0.25) is 0 Å². The zero-order valence-electron chi connectivity index (χ0n) is 40.7. The zero-order chi connectivity index (χ0) is 52.3. The highest BCUT2D eigenvalue weighted by molar-refractivity contribution is 8.76. The molecule has 9 atom stereocenters. The summed E-state index contributed by atoms with van der Waals surface area (Å²) in [6.07, 6.45) is 2.16. The molecular formula is C50H69N11O9S2. The number of H-pyrrole nitrogens is 1. The number of aromatic hydroxyl groups is 1. The second-order valence-electron chi connectivity index (χ2n) is 18.3. The van der Waals surface area contributed by atoms with Crippen LogP contribution < -0.4 is 54.4 Å². The first kappa shape index (κ1) is 56.7. The Bertz CT molecular complexity index is 2440. The van der Waals surface area contributed by atoms with E-state index in [0.717, 1.165) is 43.6 Å². The number of hydrogen-bond donors (Lipinski definition) is 13. The van der Waals surface area contributed by atoms with Crippen molar-refractivity contribution in [3.05, 3.63) is 102 Å². The number of para-hydroxylation sites is 1. The van der Waals surface area contributed by atoms with Crippen LogP contribution in [0.15, 0.2) is 85.1 Å². The zero-order valence-corrected chi connectivity index (χ0v) is 42.4. The second-order valence-corrected chi connectivity index (χ2v) is 20.8. The van der Waals surface area contributed by atoms with Crippen molar-refractivity contribution in [1.82, 2.24) is 42.2 Å². The van der Waals surface area contributed by atoms with Crippen LogP contribution in [0.4, 0.5) is 0 Å². The summed E-state index contributed by atoms with van der Waals surface area (Å²) in [7, 11) is 2.15. The fraction of sp³-hybridized carbons (Fsp3) is 0.460. The number of fused-ring (bicyclic) bond motifs is 1. The summed E-state index contributed by atoms with van der Waals surface area (Å²) in [5, 5.41) is 41.3. The molecule has 20 nitrogen and oxygen atoms in total. The molecule has 4 aromatic rings. The molecule has 3 aromatic carbocycles. The topological polar surface area (TPSA) is 338 Å². The van der Waals surface area contributed by atoms with Gasteiger partial charge < -0.3 is 69.6 Å². The molecule has 1 aromatic heterocycles. The fourth-order valence-electron chi connectivity index (χ4n) is 8.10. The number of benzene rings is 3. The summed E-state index contributed by atoms with van der Waals surface area (Å²) in [6, 6.07) is 13.4. The lowest BCUT2D eigenvalue weighted by atomic mass is 10.00. The minimum atomic E-state index is -1.49. The van der Waals surface area contributed by atoms with Crippen molar-refractivity contribution in [3.8, 4) is 5.75 Å². The quantitative estimate of drug-likeness (QED) is 0.0495. The van der Waals surface area contributed by atoms with Crippen molar-refractivity contribution in [2.24, 2.45) is 23.1 Å². The van der Waals surface area contributed by atoms with Gasteiger partial charge >= 0.3 is 0 Å². The van der Waals surface area contributed by atoms with E-state index in [9.17, 15) is 43.8 Å². The summed E-state index contributed by atoms with van der Waals surface area (Å²) >= 11 is 0. The van der Waals surface area contributed by atoms with Crippen LogP contribution in [0.5, 0.6) is 5.75 Å². The number of phenolic OH excluding ortho intramolecular Hbond substituents is 1. The molecule has 390 valence electrons. The molecule has 0 spiro atoms. The lowest BCUT2D eigenvalue weighted by molar-refractivity contribution is -0.133. The number of primary amides is 1. The molecule has 1 aliphatic rings. The molecule has 72 heavy (non-hydrogen) atoms. The number of nitrogens with two attached hydrogens (primary N) is 3. The monoisotopic (exact) mass is 1030 g/mol. The minimum absolute atomic E-state index is 0.0202. The number of rotatable bonds is 17. The Kier molecular flexibility index (Phi) is 22.2. The van der Waals surface area contributed by atoms with Gasteiger partial charge in [0.1, 0.15) is 36.0 Å². The molecule has 22 heteroatoms. The van der Waals surface area contributed by atoms with Gasteiger partial charge in [-0.25, -0.2) is 0 Å². The van der Waals surface area contributed by atoms with E-state index in [1.54, 1.807) is 44.3 Å². The lowest BCUT2D eigenvalue weighted by Gasteiger charge is -2.30. The van der Waals surface area contributed by atoms with Crippen molar-refractivity contribution in [3.63, 3.8) is 0 Å². The number of nitrogens with one attached hydrogen (secondary N) is 8. The van der Waals surface area contributed by atoms with Crippen molar-refractivity contribution in [2.75, 3.05) is 24.6 Å². The number of hydrogen-bond acceptors (Lipinski definition) is 14. The number of aromatic nitrogens is 1. The van der Waals surface area contributed by atoms with Gasteiger partial charge in [-0.2, -0.15) is 0 Å². The van der Waals surface area contributed by atoms with Gasteiger partial charge in [-0.1, -0.05) is 103 Å². The van der Waals surface area contributed by atoms with Crippen molar-refractivity contribution in [1.29, 1.82) is 0 Å². The number of aliphatic hydroxyl groups is 1. The molecule has 2 heterocycles. The van der Waals surface area contributed by atoms with E-state index in [2.05, 4.69) is 42.2 Å². The number of aliphatic hydroxyl groups excluding tert-OH is 1. The summed E-state index contributed by atoms with van der Waals surface area (Å²) in [5.41, 5.74) is 20.6. The van der Waals surface area contributed by atoms with Gasteiger partial charge in [-0.15, -0.1) is 0 Å². The van der Waals surface area contributed by atoms with Crippen LogP contribution in [-0.4, -0.2) is 136 Å². The van der Waals surface area contributed by atoms with E-state index in [0.29, 0.717) is 31.4 Å². The molecule has 1 saturated heterocycles. The molecule has 0 bridgehead atoms. The third-order valence-electron chi connectivity index (χ3n) is 12.2. The van der Waals surface area contributed by atoms with Crippen LogP contribution >= 0.6 is 21.6 Å². The van der Waals surface area contributed by atoms with Gasteiger partial charge in [0.2, 0.25) is 41.4 Å². The molecule has 5 rings (SSSR count). The fourth-order valence-corrected chi connectivity index (χ4v) is 10.4. The molecule has 7 amide bonds. The van der Waals surface area contributed by atoms with Crippen molar-refractivity contribution < 1.29 is 43.8 Å². The molecule has 1 fully saturated rings. The number of carbonyl (C=O) groups is 7. The van der Waals surface area contributed by atoms with Gasteiger partial charge in [0.15, 0.2) is 0 Å². The van der Waals surface area contributed by atoms with Crippen molar-refractivity contribution in [2.45, 2.75) is 114 Å². The number of carbonyl (C=O) groups excluding carboxylic acids is 7. The van der Waals surface area contributed by atoms with Gasteiger partial charge in [0, 0.05) is 54.0 Å². The number of unbranched alkanes of at least 4 members (excludes halogenated alkanes) is 1. The summed E-state index contributed by atoms with van der Waals surface area (Å²) in [5.74, 6) is -5.74. The van der Waals surface area contributed by atoms with Crippen LogP contribution in [0, 0.1) is 5.92 Å². The Morgan fingerprint density at radius 2 is 1.43 bits per heavy atom. The van der Waals surface area contributed by atoms with Gasteiger partial charge in [0.05, 0.1) is 18.2 Å². The minimum Gasteiger partial charge on any atom is -0.508 e. The van der Waals surface area contributed by atoms with E-state index < -0.39 is 95.8 Å². The number of aromatic amines is 1. The highest BCUT2D eigenvalue weighted by atomic mass is 33.1. The largest absolute Gasteiger partial charge is 0.508 e. The maximum absolute atomic E-state index is 14.8. The summed E-state index contributed by atoms with van der Waals surface area (Å²) in [6.45, 7) is 5.38. The SMILES string of the molecule is CC(C)[C@H]1NC[C@H](CCCCN)NC(=O)[C@@H](Cc2c[nH]c3ccccc23)NC(=O)[C@H](Cc2ccc(O)cc2)NC(=O)[C@@H](NC(=O)[C@@H](N)Cc2ccccc2)CSSC[C@H](C(=O)N[C@H](C(N)=O)[C@@H](C)O)NC1=O. The van der Waals surface area contributed by atoms with Crippen LogP contribution in [0.3, 0.4) is 0 Å². The maximum atomic E-state index is 14.8. The van der Waals surface area contributed by atoms with E-state index >= 15 is 0 Å². The highest BCUT2D eigenvalue weighted by Gasteiger charge is 2.35. The van der Waals surface area contributed by atoms with E-state index in [1.807, 2.05) is 42.5 Å². The van der Waals surface area contributed by atoms with E-state index in [1.165, 1.54) is 19.1 Å². The van der Waals surface area contributed by atoms with Gasteiger partial charge in [-0.05, 0) is 73.5 Å². The summed E-state index contributed by atoms with van der Waals surface area (Å²) in [4.78, 5) is 101. The molecule has 0 aliphatic carbocycles. The number of amides is 7. The predicted octanol–water partition coefficient (Wildman–Crippen LogP) is 0.142. The Balaban J connectivity index is 1.56. The first-order valence-corrected chi connectivity index (χ1v) is 26.5. The van der Waals surface area contributed by atoms with E-state index in [4.69, 9.17) is 17.2 Å². The first-order chi connectivity index (χ1) is 34.4. The molecule has 0 unspecified atom stereocenters. The highest BCUT2D eigenvalue weighted by Crippen LogP contribution is 2.25. The smallest absolute Gasteiger partial charge is 0.244 e. The Morgan fingerprint density at radius 3 is 2.11 bits per heavy atom. The molecule has 1 aliphatic heterocycles.